The highest BCUT2D eigenvalue weighted by atomic mass is 19.1. The van der Waals surface area contributed by atoms with Gasteiger partial charge < -0.3 is 14.4 Å². The van der Waals surface area contributed by atoms with E-state index in [1.165, 1.54) is 5.56 Å². The molecule has 43 heavy (non-hydrogen) atoms. The number of fused-ring (bicyclic) bond motifs is 3. The fourth-order valence-electron chi connectivity index (χ4n) is 8.34. The molecule has 1 amide bonds. The van der Waals surface area contributed by atoms with Crippen molar-refractivity contribution in [3.8, 4) is 23.1 Å². The highest BCUT2D eigenvalue weighted by Gasteiger charge is 2.73. The van der Waals surface area contributed by atoms with Crippen LogP contribution in [0.4, 0.5) is 10.1 Å². The summed E-state index contributed by atoms with van der Waals surface area (Å²) in [6, 6.07) is 22.9. The smallest absolute Gasteiger partial charge is 0.233 e. The van der Waals surface area contributed by atoms with E-state index in [1.54, 1.807) is 13.3 Å². The first-order chi connectivity index (χ1) is 20.7. The van der Waals surface area contributed by atoms with E-state index in [0.717, 1.165) is 60.9 Å². The van der Waals surface area contributed by atoms with Crippen molar-refractivity contribution < 1.29 is 18.7 Å². The third-order valence-corrected chi connectivity index (χ3v) is 11.3. The number of methoxy groups -OCH3 is 1. The Balaban J connectivity index is 1.05. The number of ether oxygens (including phenoxy) is 2. The zero-order valence-corrected chi connectivity index (χ0v) is 24.6. The minimum atomic E-state index is -1.14. The van der Waals surface area contributed by atoms with Crippen LogP contribution in [-0.4, -0.2) is 36.8 Å². The van der Waals surface area contributed by atoms with Crippen molar-refractivity contribution >= 4 is 11.6 Å². The van der Waals surface area contributed by atoms with E-state index >= 15 is 0 Å². The van der Waals surface area contributed by atoms with Gasteiger partial charge in [0.05, 0.1) is 36.2 Å². The van der Waals surface area contributed by atoms with Gasteiger partial charge in [0.15, 0.2) is 0 Å². The molecule has 5 saturated carbocycles. The number of nitrogens with zero attached hydrogens (tertiary/aromatic N) is 3. The van der Waals surface area contributed by atoms with Crippen LogP contribution in [0.25, 0.3) is 11.1 Å². The molecule has 2 aromatic carbocycles. The van der Waals surface area contributed by atoms with Crippen molar-refractivity contribution in [1.29, 1.82) is 5.26 Å². The molecular formula is C36H36FN3O3. The highest BCUT2D eigenvalue weighted by Crippen LogP contribution is 2.70. The number of hydrogen-bond donors (Lipinski definition) is 0. The first-order valence-electron chi connectivity index (χ1n) is 15.5. The lowest BCUT2D eigenvalue weighted by Crippen LogP contribution is -2.71. The molecule has 6 nitrogen and oxygen atoms in total. The van der Waals surface area contributed by atoms with Crippen molar-refractivity contribution in [3.05, 3.63) is 78.0 Å². The van der Waals surface area contributed by atoms with Gasteiger partial charge in [0, 0.05) is 35.5 Å². The summed E-state index contributed by atoms with van der Waals surface area (Å²) in [5.41, 5.74) is 2.60. The fourth-order valence-corrected chi connectivity index (χ4v) is 8.34. The zero-order chi connectivity index (χ0) is 29.5. The van der Waals surface area contributed by atoms with Crippen molar-refractivity contribution in [1.82, 2.24) is 4.98 Å². The largest absolute Gasteiger partial charge is 0.481 e. The normalized spacial score (nSPS) is 32.6. The molecule has 0 spiro atoms. The summed E-state index contributed by atoms with van der Waals surface area (Å²) in [5.74, 6) is 0.603. The van der Waals surface area contributed by atoms with Crippen LogP contribution in [0.15, 0.2) is 66.9 Å². The lowest BCUT2D eigenvalue weighted by molar-refractivity contribution is -0.213. The third kappa shape index (κ3) is 4.13. The van der Waals surface area contributed by atoms with Crippen molar-refractivity contribution in [2.24, 2.45) is 10.8 Å². The van der Waals surface area contributed by atoms with Gasteiger partial charge in [-0.25, -0.2) is 9.37 Å². The summed E-state index contributed by atoms with van der Waals surface area (Å²) in [6.45, 7) is 1.15. The molecule has 220 valence electrons. The van der Waals surface area contributed by atoms with Gasteiger partial charge in [-0.05, 0) is 92.7 Å². The molecule has 4 bridgehead atoms. The minimum absolute atomic E-state index is 0.0518. The summed E-state index contributed by atoms with van der Waals surface area (Å²) in [7, 11) is 1.59. The topological polar surface area (TPSA) is 75.4 Å². The molecule has 0 unspecified atom stereocenters. The van der Waals surface area contributed by atoms with Crippen LogP contribution in [0.1, 0.15) is 68.9 Å². The molecule has 0 N–H and O–H groups in total. The summed E-state index contributed by atoms with van der Waals surface area (Å²) in [4.78, 5) is 20.5. The summed E-state index contributed by atoms with van der Waals surface area (Å²) < 4.78 is 26.5. The van der Waals surface area contributed by atoms with Crippen LogP contribution in [0.5, 0.6) is 5.88 Å². The summed E-state index contributed by atoms with van der Waals surface area (Å²) >= 11 is 0. The van der Waals surface area contributed by atoms with E-state index in [4.69, 9.17) is 9.47 Å². The molecule has 2 aliphatic heterocycles. The second-order valence-electron chi connectivity index (χ2n) is 14.0. The number of benzene rings is 2. The number of amides is 1. The lowest BCUT2D eigenvalue weighted by Gasteiger charge is -2.65. The van der Waals surface area contributed by atoms with Crippen molar-refractivity contribution in [2.75, 3.05) is 25.2 Å². The average molecular weight is 578 g/mol. The van der Waals surface area contributed by atoms with E-state index in [-0.39, 0.29) is 22.3 Å². The SMILES string of the molecule is COc1ccc(-c2cccc(N(CC34CCC(c5ccc(C6(C#N)CC6)cc5)(CC3)OC4)C(=O)C34CC(F)(C3)C4)c2)cn1. The van der Waals surface area contributed by atoms with Gasteiger partial charge in [0.2, 0.25) is 11.8 Å². The lowest BCUT2D eigenvalue weighted by atomic mass is 9.41. The van der Waals surface area contributed by atoms with Crippen LogP contribution in [0, 0.1) is 22.2 Å². The van der Waals surface area contributed by atoms with Gasteiger partial charge in [-0.2, -0.15) is 5.26 Å². The number of hydrogen-bond acceptors (Lipinski definition) is 5. The predicted molar refractivity (Wildman–Crippen MR) is 160 cm³/mol. The third-order valence-electron chi connectivity index (χ3n) is 11.3. The van der Waals surface area contributed by atoms with E-state index < -0.39 is 11.1 Å². The van der Waals surface area contributed by atoms with Gasteiger partial charge >= 0.3 is 0 Å². The highest BCUT2D eigenvalue weighted by molar-refractivity contribution is 6.00. The van der Waals surface area contributed by atoms with E-state index in [9.17, 15) is 14.4 Å². The van der Waals surface area contributed by atoms with Crippen LogP contribution in [0.3, 0.4) is 0 Å². The number of rotatable bonds is 8. The molecular weight excluding hydrogens is 541 g/mol. The molecule has 0 atom stereocenters. The Bertz CT molecular complexity index is 1600. The number of pyridine rings is 1. The van der Waals surface area contributed by atoms with Gasteiger partial charge in [0.25, 0.3) is 0 Å². The molecule has 2 saturated heterocycles. The quantitative estimate of drug-likeness (QED) is 0.288. The van der Waals surface area contributed by atoms with Crippen LogP contribution in [-0.2, 0) is 20.5 Å². The van der Waals surface area contributed by atoms with Crippen molar-refractivity contribution in [2.45, 2.75) is 74.5 Å². The van der Waals surface area contributed by atoms with Gasteiger partial charge in [-0.15, -0.1) is 0 Å². The Kier molecular flexibility index (Phi) is 5.69. The predicted octanol–water partition coefficient (Wildman–Crippen LogP) is 7.02. The van der Waals surface area contributed by atoms with E-state index in [1.807, 2.05) is 35.2 Å². The molecule has 7 heteroatoms. The monoisotopic (exact) mass is 577 g/mol. The molecule has 1 aromatic heterocycles. The number of carbonyl (C=O) groups is 1. The van der Waals surface area contributed by atoms with E-state index in [2.05, 4.69) is 41.4 Å². The minimum Gasteiger partial charge on any atom is -0.481 e. The van der Waals surface area contributed by atoms with Crippen LogP contribution >= 0.6 is 0 Å². The number of carbonyl (C=O) groups excluding carboxylic acids is 1. The van der Waals surface area contributed by atoms with Gasteiger partial charge in [-0.1, -0.05) is 36.4 Å². The number of alkyl halides is 1. The molecule has 3 heterocycles. The van der Waals surface area contributed by atoms with Gasteiger partial charge in [-0.3, -0.25) is 4.79 Å². The average Bonchev–Trinajstić information content (AvgIpc) is 3.84. The second kappa shape index (κ2) is 9.12. The van der Waals surface area contributed by atoms with Crippen LogP contribution in [0.2, 0.25) is 0 Å². The molecule has 5 aliphatic carbocycles. The number of nitriles is 1. The van der Waals surface area contributed by atoms with Crippen molar-refractivity contribution in [3.63, 3.8) is 0 Å². The standard InChI is InChI=1S/C36H36FN3O3/c1-42-30-10-5-26(18-39-30)25-3-2-4-29(17-25)40(31(41)34-19-35(37,20-34)21-34)23-32-11-15-36(16-12-32,43-24-32)28-8-6-27(7-9-28)33(22-38)13-14-33/h2-10,17-18H,11-16,19-21,23-24H2,1H3. The molecule has 3 aromatic rings. The Labute approximate surface area is 251 Å². The maximum Gasteiger partial charge on any atom is 0.233 e. The summed E-state index contributed by atoms with van der Waals surface area (Å²) in [5, 5.41) is 9.60. The Morgan fingerprint density at radius 2 is 1.70 bits per heavy atom. The molecule has 7 aliphatic rings. The Morgan fingerprint density at radius 3 is 2.26 bits per heavy atom. The first kappa shape index (κ1) is 26.8. The number of aromatic nitrogens is 1. The zero-order valence-electron chi connectivity index (χ0n) is 24.6. The first-order valence-corrected chi connectivity index (χ1v) is 15.5. The molecule has 7 fully saturated rings. The van der Waals surface area contributed by atoms with Crippen LogP contribution < -0.4 is 9.64 Å². The molecule has 10 rings (SSSR count). The maximum atomic E-state index is 14.6. The van der Waals surface area contributed by atoms with Gasteiger partial charge in [0.1, 0.15) is 5.67 Å². The maximum absolute atomic E-state index is 14.6. The number of halogens is 1. The Hall–Kier alpha value is -3.76. The van der Waals surface area contributed by atoms with E-state index in [0.29, 0.717) is 38.3 Å². The fraction of sp³-hybridized carbons (Fsp3) is 0.472. The molecule has 0 radical (unpaired) electrons. The number of anilines is 1. The second-order valence-corrected chi connectivity index (χ2v) is 14.0. The summed E-state index contributed by atoms with van der Waals surface area (Å²) in [6.07, 6.45) is 8.40. The Morgan fingerprint density at radius 1 is 0.977 bits per heavy atom.